The van der Waals surface area contributed by atoms with Gasteiger partial charge in [0.05, 0.1) is 10.9 Å². The van der Waals surface area contributed by atoms with E-state index in [9.17, 15) is 19.8 Å². The van der Waals surface area contributed by atoms with E-state index < -0.39 is 6.04 Å². The molecule has 0 saturated heterocycles. The fourth-order valence-electron chi connectivity index (χ4n) is 3.24. The second-order valence-corrected chi connectivity index (χ2v) is 8.90. The fourth-order valence-corrected chi connectivity index (χ4v) is 4.21. The molecule has 1 unspecified atom stereocenters. The molecule has 1 heterocycles. The van der Waals surface area contributed by atoms with Crippen molar-refractivity contribution < 1.29 is 19.8 Å². The average Bonchev–Trinajstić information content (AvgIpc) is 3.14. The van der Waals surface area contributed by atoms with E-state index in [1.54, 1.807) is 12.1 Å². The summed E-state index contributed by atoms with van der Waals surface area (Å²) in [5, 5.41) is 25.6. The highest BCUT2D eigenvalue weighted by molar-refractivity contribution is 7.97. The van der Waals surface area contributed by atoms with Crippen molar-refractivity contribution in [3.05, 3.63) is 47.5 Å². The molecule has 0 fully saturated rings. The molecule has 1 aliphatic heterocycles. The SMILES string of the molecule is CC(CNC(=O)[C@@H](N)CC=O)CNc1ccc2c(c1)CN(Sc1ccc(O)cc1O)C2. The minimum atomic E-state index is -0.793. The lowest BCUT2D eigenvalue weighted by Crippen LogP contribution is -2.43. The van der Waals surface area contributed by atoms with Crippen molar-refractivity contribution >= 4 is 29.8 Å². The maximum Gasteiger partial charge on any atom is 0.237 e. The molecule has 0 radical (unpaired) electrons. The summed E-state index contributed by atoms with van der Waals surface area (Å²) in [5.41, 5.74) is 9.08. The summed E-state index contributed by atoms with van der Waals surface area (Å²) in [4.78, 5) is 22.9. The lowest BCUT2D eigenvalue weighted by Gasteiger charge is -2.16. The molecule has 0 saturated carbocycles. The van der Waals surface area contributed by atoms with E-state index >= 15 is 0 Å². The number of anilines is 1. The minimum Gasteiger partial charge on any atom is -0.508 e. The lowest BCUT2D eigenvalue weighted by molar-refractivity contribution is -0.124. The molecule has 0 spiro atoms. The maximum absolute atomic E-state index is 11.8. The molecule has 2 aromatic rings. The number of fused-ring (bicyclic) bond motifs is 1. The van der Waals surface area contributed by atoms with Crippen LogP contribution in [-0.2, 0) is 22.7 Å². The largest absolute Gasteiger partial charge is 0.508 e. The second kappa shape index (κ2) is 10.5. The fraction of sp³-hybridized carbons (Fsp3) is 0.364. The topological polar surface area (TPSA) is 128 Å². The third kappa shape index (κ3) is 6.36. The summed E-state index contributed by atoms with van der Waals surface area (Å²) in [6.07, 6.45) is 0.672. The van der Waals surface area contributed by atoms with Crippen LogP contribution in [0.25, 0.3) is 0 Å². The van der Waals surface area contributed by atoms with Gasteiger partial charge in [0, 0.05) is 44.4 Å². The molecule has 3 rings (SSSR count). The van der Waals surface area contributed by atoms with Gasteiger partial charge in [0.1, 0.15) is 17.8 Å². The van der Waals surface area contributed by atoms with Crippen LogP contribution < -0.4 is 16.4 Å². The average molecular weight is 445 g/mol. The van der Waals surface area contributed by atoms with E-state index in [1.807, 2.05) is 13.0 Å². The van der Waals surface area contributed by atoms with Crippen LogP contribution in [0.4, 0.5) is 5.69 Å². The van der Waals surface area contributed by atoms with Crippen LogP contribution in [0.15, 0.2) is 41.3 Å². The van der Waals surface area contributed by atoms with Crippen LogP contribution >= 0.6 is 11.9 Å². The monoisotopic (exact) mass is 444 g/mol. The van der Waals surface area contributed by atoms with Crippen LogP contribution in [0.2, 0.25) is 0 Å². The molecule has 2 atom stereocenters. The molecule has 166 valence electrons. The van der Waals surface area contributed by atoms with Crippen LogP contribution in [0, 0.1) is 5.92 Å². The first-order valence-electron chi connectivity index (χ1n) is 10.1. The van der Waals surface area contributed by atoms with Gasteiger partial charge >= 0.3 is 0 Å². The summed E-state index contributed by atoms with van der Waals surface area (Å²) in [6.45, 7) is 4.69. The number of nitrogens with zero attached hydrogens (tertiary/aromatic N) is 1. The number of nitrogens with one attached hydrogen (secondary N) is 2. The predicted octanol–water partition coefficient (Wildman–Crippen LogP) is 2.20. The second-order valence-electron chi connectivity index (χ2n) is 7.76. The zero-order valence-corrected chi connectivity index (χ0v) is 18.2. The number of hydrogen-bond acceptors (Lipinski definition) is 8. The number of phenols is 2. The van der Waals surface area contributed by atoms with E-state index in [4.69, 9.17) is 5.73 Å². The maximum atomic E-state index is 11.8. The number of rotatable bonds is 10. The van der Waals surface area contributed by atoms with Crippen LogP contribution in [0.3, 0.4) is 0 Å². The molecule has 2 aromatic carbocycles. The summed E-state index contributed by atoms with van der Waals surface area (Å²) < 4.78 is 2.15. The van der Waals surface area contributed by atoms with Crippen LogP contribution in [0.5, 0.6) is 11.5 Å². The Hall–Kier alpha value is -2.75. The van der Waals surface area contributed by atoms with Gasteiger partial charge in [0.2, 0.25) is 5.91 Å². The Morgan fingerprint density at radius 1 is 1.19 bits per heavy atom. The van der Waals surface area contributed by atoms with Gasteiger partial charge in [-0.15, -0.1) is 0 Å². The van der Waals surface area contributed by atoms with Gasteiger partial charge in [-0.25, -0.2) is 4.31 Å². The Balaban J connectivity index is 1.48. The number of amides is 1. The Bertz CT molecular complexity index is 940. The first-order chi connectivity index (χ1) is 14.9. The van der Waals surface area contributed by atoms with Crippen molar-refractivity contribution in [1.29, 1.82) is 0 Å². The highest BCUT2D eigenvalue weighted by Gasteiger charge is 2.21. The molecule has 6 N–H and O–H groups in total. The number of aromatic hydroxyl groups is 2. The number of carbonyl (C=O) groups excluding carboxylic acids is 2. The van der Waals surface area contributed by atoms with Gasteiger partial charge in [0.15, 0.2) is 0 Å². The van der Waals surface area contributed by atoms with E-state index in [0.717, 1.165) is 18.8 Å². The molecule has 8 nitrogen and oxygen atoms in total. The zero-order valence-electron chi connectivity index (χ0n) is 17.4. The summed E-state index contributed by atoms with van der Waals surface area (Å²) in [7, 11) is 0. The molecule has 31 heavy (non-hydrogen) atoms. The first-order valence-corrected chi connectivity index (χ1v) is 10.9. The molecular formula is C22H28N4O4S. The van der Waals surface area contributed by atoms with E-state index in [-0.39, 0.29) is 29.7 Å². The Morgan fingerprint density at radius 2 is 1.97 bits per heavy atom. The highest BCUT2D eigenvalue weighted by Crippen LogP contribution is 2.38. The van der Waals surface area contributed by atoms with Crippen molar-refractivity contribution in [2.24, 2.45) is 11.7 Å². The lowest BCUT2D eigenvalue weighted by atomic mass is 10.1. The molecule has 1 aliphatic rings. The van der Waals surface area contributed by atoms with Gasteiger partial charge in [-0.1, -0.05) is 13.0 Å². The molecule has 0 aliphatic carbocycles. The van der Waals surface area contributed by atoms with Crippen molar-refractivity contribution in [2.45, 2.75) is 37.4 Å². The molecule has 0 aromatic heterocycles. The normalized spacial score (nSPS) is 15.2. The molecule has 1 amide bonds. The number of hydrogen-bond donors (Lipinski definition) is 5. The van der Waals surface area contributed by atoms with Gasteiger partial charge in [-0.05, 0) is 53.3 Å². The van der Waals surface area contributed by atoms with E-state index in [0.29, 0.717) is 24.3 Å². The zero-order chi connectivity index (χ0) is 22.4. The van der Waals surface area contributed by atoms with Crippen molar-refractivity contribution in [3.63, 3.8) is 0 Å². The Labute approximate surface area is 186 Å². The van der Waals surface area contributed by atoms with Crippen LogP contribution in [0.1, 0.15) is 24.5 Å². The van der Waals surface area contributed by atoms with Crippen molar-refractivity contribution in [3.8, 4) is 11.5 Å². The van der Waals surface area contributed by atoms with Crippen LogP contribution in [-0.4, -0.2) is 45.8 Å². The summed E-state index contributed by atoms with van der Waals surface area (Å²) >= 11 is 1.46. The summed E-state index contributed by atoms with van der Waals surface area (Å²) in [5.74, 6) is -0.0183. The Morgan fingerprint density at radius 3 is 2.71 bits per heavy atom. The number of carbonyl (C=O) groups is 2. The number of benzene rings is 2. The van der Waals surface area contributed by atoms with Crippen molar-refractivity contribution in [2.75, 3.05) is 18.4 Å². The molecular weight excluding hydrogens is 416 g/mol. The molecule has 9 heteroatoms. The Kier molecular flexibility index (Phi) is 7.78. The van der Waals surface area contributed by atoms with E-state index in [1.165, 1.54) is 29.1 Å². The third-order valence-electron chi connectivity index (χ3n) is 5.04. The highest BCUT2D eigenvalue weighted by atomic mass is 32.2. The number of aldehydes is 1. The van der Waals surface area contributed by atoms with Crippen molar-refractivity contribution in [1.82, 2.24) is 9.62 Å². The molecule has 0 bridgehead atoms. The van der Waals surface area contributed by atoms with Gasteiger partial charge in [0.25, 0.3) is 0 Å². The standard InChI is InChI=1S/C22H28N4O4S/c1-14(11-25-22(30)19(23)6-7-27)10-24-17-3-2-15-12-26(13-16(15)8-17)31-21-5-4-18(28)9-20(21)29/h2-5,7-9,14,19,24,28-29H,6,10-13,23H2,1H3,(H,25,30)/t14?,19-/m0/s1. The summed E-state index contributed by atoms with van der Waals surface area (Å²) in [6, 6.07) is 10.1. The number of nitrogens with two attached hydrogens (primary N) is 1. The quantitative estimate of drug-likeness (QED) is 0.279. The van der Waals surface area contributed by atoms with Gasteiger partial charge in [-0.2, -0.15) is 0 Å². The third-order valence-corrected chi connectivity index (χ3v) is 6.09. The predicted molar refractivity (Wildman–Crippen MR) is 121 cm³/mol. The minimum absolute atomic E-state index is 0.0231. The van der Waals surface area contributed by atoms with Gasteiger partial charge in [-0.3, -0.25) is 4.79 Å². The van der Waals surface area contributed by atoms with E-state index in [2.05, 4.69) is 27.1 Å². The number of phenolic OH excluding ortho intramolecular Hbond substituents is 2. The smallest absolute Gasteiger partial charge is 0.237 e. The first kappa shape index (κ1) is 22.9. The van der Waals surface area contributed by atoms with Gasteiger partial charge < -0.3 is 31.4 Å².